The van der Waals surface area contributed by atoms with E-state index in [2.05, 4.69) is 13.8 Å². The zero-order valence-corrected chi connectivity index (χ0v) is 13.8. The van der Waals surface area contributed by atoms with Gasteiger partial charge in [-0.15, -0.1) is 0 Å². The zero-order chi connectivity index (χ0) is 17.1. The zero-order valence-electron chi connectivity index (χ0n) is 13.8. The maximum atomic E-state index is 9.54. The van der Waals surface area contributed by atoms with Gasteiger partial charge < -0.3 is 10.2 Å². The fourth-order valence-electron chi connectivity index (χ4n) is 2.71. The summed E-state index contributed by atoms with van der Waals surface area (Å²) in [4.78, 5) is 9.71. The number of aryl methyl sites for hydroxylation is 2. The summed E-state index contributed by atoms with van der Waals surface area (Å²) in [6.07, 6.45) is 1.63. The topological polar surface area (TPSA) is 66.2 Å². The molecule has 4 nitrogen and oxygen atoms in total. The van der Waals surface area contributed by atoms with Crippen molar-refractivity contribution in [2.24, 2.45) is 0 Å². The van der Waals surface area contributed by atoms with Gasteiger partial charge in [0.25, 0.3) is 0 Å². The average molecular weight is 320 g/mol. The number of hydrogen-bond acceptors (Lipinski definition) is 4. The highest BCUT2D eigenvalue weighted by molar-refractivity contribution is 5.78. The second-order valence-electron chi connectivity index (χ2n) is 5.62. The molecule has 0 unspecified atom stereocenters. The quantitative estimate of drug-likeness (QED) is 0.750. The normalized spacial score (nSPS) is 10.8. The van der Waals surface area contributed by atoms with Crippen LogP contribution in [0.1, 0.15) is 25.2 Å². The molecule has 1 heterocycles. The van der Waals surface area contributed by atoms with E-state index in [1.54, 1.807) is 24.3 Å². The Bertz CT molecular complexity index is 768. The molecule has 0 aliphatic carbocycles. The van der Waals surface area contributed by atoms with Crippen molar-refractivity contribution in [3.05, 3.63) is 59.9 Å². The lowest BCUT2D eigenvalue weighted by molar-refractivity contribution is 0.475. The molecule has 24 heavy (non-hydrogen) atoms. The SMILES string of the molecule is CCc1nc(-c2ccc(O)cc2)c(-c2ccc(O)cc2)nc1CC. The molecular formula is C20H20N2O2. The van der Waals surface area contributed by atoms with Gasteiger partial charge in [0.1, 0.15) is 11.5 Å². The Hall–Kier alpha value is -2.88. The lowest BCUT2D eigenvalue weighted by Gasteiger charge is -2.14. The molecule has 4 heteroatoms. The van der Waals surface area contributed by atoms with E-state index >= 15 is 0 Å². The minimum Gasteiger partial charge on any atom is -0.508 e. The first-order valence-electron chi connectivity index (χ1n) is 8.11. The number of aromatic hydroxyl groups is 2. The number of phenolic OH excluding ortho intramolecular Hbond substituents is 2. The summed E-state index contributed by atoms with van der Waals surface area (Å²) in [6.45, 7) is 4.15. The van der Waals surface area contributed by atoms with Gasteiger partial charge in [0.15, 0.2) is 0 Å². The number of rotatable bonds is 4. The molecule has 0 amide bonds. The highest BCUT2D eigenvalue weighted by Crippen LogP contribution is 2.32. The van der Waals surface area contributed by atoms with Crippen molar-refractivity contribution in [2.45, 2.75) is 26.7 Å². The smallest absolute Gasteiger partial charge is 0.115 e. The van der Waals surface area contributed by atoms with Gasteiger partial charge in [-0.1, -0.05) is 13.8 Å². The molecular weight excluding hydrogens is 300 g/mol. The summed E-state index contributed by atoms with van der Waals surface area (Å²) in [5, 5.41) is 19.1. The molecule has 2 N–H and O–H groups in total. The molecule has 0 bridgehead atoms. The molecule has 0 saturated heterocycles. The predicted octanol–water partition coefficient (Wildman–Crippen LogP) is 4.35. The third-order valence-corrected chi connectivity index (χ3v) is 4.00. The molecule has 0 fully saturated rings. The molecule has 2 aromatic carbocycles. The number of hydrogen-bond donors (Lipinski definition) is 2. The number of phenols is 2. The molecule has 3 rings (SSSR count). The van der Waals surface area contributed by atoms with Crippen molar-refractivity contribution in [2.75, 3.05) is 0 Å². The standard InChI is InChI=1S/C20H20N2O2/c1-3-17-18(4-2)22-20(14-7-11-16(24)12-8-14)19(21-17)13-5-9-15(23)10-6-13/h5-12,23-24H,3-4H2,1-2H3. The van der Waals surface area contributed by atoms with Crippen LogP contribution in [0.2, 0.25) is 0 Å². The monoisotopic (exact) mass is 320 g/mol. The second-order valence-corrected chi connectivity index (χ2v) is 5.62. The van der Waals surface area contributed by atoms with E-state index in [-0.39, 0.29) is 11.5 Å². The first-order chi connectivity index (χ1) is 11.6. The molecule has 0 aliphatic rings. The van der Waals surface area contributed by atoms with Crippen LogP contribution in [0.3, 0.4) is 0 Å². The summed E-state index contributed by atoms with van der Waals surface area (Å²) in [6, 6.07) is 14.0. The van der Waals surface area contributed by atoms with E-state index in [4.69, 9.17) is 9.97 Å². The van der Waals surface area contributed by atoms with Crippen LogP contribution < -0.4 is 0 Å². The van der Waals surface area contributed by atoms with Gasteiger partial charge in [0.05, 0.1) is 22.8 Å². The van der Waals surface area contributed by atoms with E-state index in [0.29, 0.717) is 0 Å². The van der Waals surface area contributed by atoms with Gasteiger partial charge in [-0.05, 0) is 61.4 Å². The molecule has 0 radical (unpaired) electrons. The van der Waals surface area contributed by atoms with E-state index in [1.165, 1.54) is 0 Å². The van der Waals surface area contributed by atoms with Crippen molar-refractivity contribution in [3.63, 3.8) is 0 Å². The largest absolute Gasteiger partial charge is 0.508 e. The number of benzene rings is 2. The highest BCUT2D eigenvalue weighted by Gasteiger charge is 2.15. The highest BCUT2D eigenvalue weighted by atomic mass is 16.3. The molecule has 1 aromatic heterocycles. The van der Waals surface area contributed by atoms with Gasteiger partial charge in [0.2, 0.25) is 0 Å². The fraction of sp³-hybridized carbons (Fsp3) is 0.200. The number of nitrogens with zero attached hydrogens (tertiary/aromatic N) is 2. The summed E-state index contributed by atoms with van der Waals surface area (Å²) >= 11 is 0. The Morgan fingerprint density at radius 2 is 0.958 bits per heavy atom. The minimum absolute atomic E-state index is 0.221. The van der Waals surface area contributed by atoms with Crippen molar-refractivity contribution >= 4 is 0 Å². The molecule has 3 aromatic rings. The van der Waals surface area contributed by atoms with Crippen LogP contribution in [0.15, 0.2) is 48.5 Å². The van der Waals surface area contributed by atoms with E-state index in [1.807, 2.05) is 24.3 Å². The second kappa shape index (κ2) is 6.71. The van der Waals surface area contributed by atoms with Crippen molar-refractivity contribution in [1.29, 1.82) is 0 Å². The van der Waals surface area contributed by atoms with Gasteiger partial charge in [0, 0.05) is 11.1 Å². The third-order valence-electron chi connectivity index (χ3n) is 4.00. The summed E-state index contributed by atoms with van der Waals surface area (Å²) in [5.41, 5.74) is 5.36. The Balaban J connectivity index is 2.24. The third kappa shape index (κ3) is 3.08. The average Bonchev–Trinajstić information content (AvgIpc) is 2.62. The van der Waals surface area contributed by atoms with Crippen LogP contribution in [0, 0.1) is 0 Å². The van der Waals surface area contributed by atoms with E-state index in [9.17, 15) is 10.2 Å². The van der Waals surface area contributed by atoms with Crippen molar-refractivity contribution < 1.29 is 10.2 Å². The van der Waals surface area contributed by atoms with Crippen molar-refractivity contribution in [3.8, 4) is 34.0 Å². The lowest BCUT2D eigenvalue weighted by Crippen LogP contribution is -2.04. The van der Waals surface area contributed by atoms with Gasteiger partial charge >= 0.3 is 0 Å². The lowest BCUT2D eigenvalue weighted by atomic mass is 10.0. The van der Waals surface area contributed by atoms with Crippen LogP contribution in [-0.4, -0.2) is 20.2 Å². The van der Waals surface area contributed by atoms with Crippen molar-refractivity contribution in [1.82, 2.24) is 9.97 Å². The van der Waals surface area contributed by atoms with Gasteiger partial charge in [-0.25, -0.2) is 9.97 Å². The molecule has 0 aliphatic heterocycles. The first-order valence-corrected chi connectivity index (χ1v) is 8.11. The van der Waals surface area contributed by atoms with Crippen LogP contribution in [0.25, 0.3) is 22.5 Å². The van der Waals surface area contributed by atoms with Gasteiger partial charge in [-0.3, -0.25) is 0 Å². The molecule has 0 saturated carbocycles. The molecule has 0 atom stereocenters. The fourth-order valence-corrected chi connectivity index (χ4v) is 2.71. The predicted molar refractivity (Wildman–Crippen MR) is 95.0 cm³/mol. The number of aromatic nitrogens is 2. The molecule has 0 spiro atoms. The summed E-state index contributed by atoms with van der Waals surface area (Å²) in [5.74, 6) is 0.442. The van der Waals surface area contributed by atoms with E-state index < -0.39 is 0 Å². The Morgan fingerprint density at radius 3 is 1.25 bits per heavy atom. The summed E-state index contributed by atoms with van der Waals surface area (Å²) < 4.78 is 0. The Labute approximate surface area is 141 Å². The Kier molecular flexibility index (Phi) is 4.47. The summed E-state index contributed by atoms with van der Waals surface area (Å²) in [7, 11) is 0. The van der Waals surface area contributed by atoms with Crippen LogP contribution in [-0.2, 0) is 12.8 Å². The maximum Gasteiger partial charge on any atom is 0.115 e. The minimum atomic E-state index is 0.221. The Morgan fingerprint density at radius 1 is 0.625 bits per heavy atom. The molecule has 122 valence electrons. The van der Waals surface area contributed by atoms with Crippen LogP contribution in [0.5, 0.6) is 11.5 Å². The van der Waals surface area contributed by atoms with Crippen LogP contribution in [0.4, 0.5) is 0 Å². The van der Waals surface area contributed by atoms with Crippen LogP contribution >= 0.6 is 0 Å². The first kappa shape index (κ1) is 16.0. The van der Waals surface area contributed by atoms with Gasteiger partial charge in [-0.2, -0.15) is 0 Å². The maximum absolute atomic E-state index is 9.54. The van der Waals surface area contributed by atoms with E-state index in [0.717, 1.165) is 46.7 Å².